The first kappa shape index (κ1) is 23.2. The number of amides is 2. The van der Waals surface area contributed by atoms with Gasteiger partial charge in [0.2, 0.25) is 5.91 Å². The monoisotopic (exact) mass is 475 g/mol. The summed E-state index contributed by atoms with van der Waals surface area (Å²) in [4.78, 5) is 29.1. The summed E-state index contributed by atoms with van der Waals surface area (Å²) >= 11 is 0. The van der Waals surface area contributed by atoms with Gasteiger partial charge in [0.1, 0.15) is 11.6 Å². The van der Waals surface area contributed by atoms with Crippen molar-refractivity contribution in [2.75, 3.05) is 24.5 Å². The molecule has 0 saturated carbocycles. The highest BCUT2D eigenvalue weighted by Crippen LogP contribution is 2.23. The normalized spacial score (nSPS) is 16.8. The molecule has 1 saturated heterocycles. The summed E-state index contributed by atoms with van der Waals surface area (Å²) < 4.78 is 15.7. The number of hydrogen-bond donors (Lipinski definition) is 1. The Morgan fingerprint density at radius 1 is 1.00 bits per heavy atom. The van der Waals surface area contributed by atoms with Crippen molar-refractivity contribution in [1.82, 2.24) is 20.0 Å². The Kier molecular flexibility index (Phi) is 6.90. The zero-order chi connectivity index (χ0) is 24.2. The molecule has 8 heteroatoms. The summed E-state index contributed by atoms with van der Waals surface area (Å²) in [5.74, 6) is 1.08. The van der Waals surface area contributed by atoms with E-state index in [1.807, 2.05) is 47.1 Å². The molecule has 1 fully saturated rings. The SMILES string of the molecule is O=C(NCC1CCN(Cc2ccccc2F)CC1)c1ccc(CN2C(=O)CCn3nccc32)cc1. The average molecular weight is 476 g/mol. The molecule has 1 aromatic heterocycles. The number of nitrogens with zero attached hydrogens (tertiary/aromatic N) is 4. The van der Waals surface area contributed by atoms with Crippen molar-refractivity contribution in [2.24, 2.45) is 5.92 Å². The topological polar surface area (TPSA) is 70.5 Å². The van der Waals surface area contributed by atoms with Crippen LogP contribution in [0.3, 0.4) is 0 Å². The lowest BCUT2D eigenvalue weighted by Crippen LogP contribution is -2.38. The molecule has 3 aromatic rings. The number of halogens is 1. The second-order valence-electron chi connectivity index (χ2n) is 9.36. The molecule has 0 radical (unpaired) electrons. The van der Waals surface area contributed by atoms with E-state index in [0.717, 1.165) is 42.9 Å². The van der Waals surface area contributed by atoms with Gasteiger partial charge in [0.15, 0.2) is 0 Å². The van der Waals surface area contributed by atoms with Crippen LogP contribution in [-0.2, 0) is 24.4 Å². The molecule has 2 aliphatic heterocycles. The van der Waals surface area contributed by atoms with Gasteiger partial charge in [-0.1, -0.05) is 30.3 Å². The van der Waals surface area contributed by atoms with Gasteiger partial charge >= 0.3 is 0 Å². The van der Waals surface area contributed by atoms with Crippen LogP contribution in [0.4, 0.5) is 10.2 Å². The number of hydrogen-bond acceptors (Lipinski definition) is 4. The molecule has 1 N–H and O–H groups in total. The zero-order valence-corrected chi connectivity index (χ0v) is 19.7. The first-order chi connectivity index (χ1) is 17.1. The Bertz CT molecular complexity index is 1180. The molecular weight excluding hydrogens is 445 g/mol. The van der Waals surface area contributed by atoms with Crippen LogP contribution in [0.15, 0.2) is 60.8 Å². The van der Waals surface area contributed by atoms with Crippen LogP contribution in [0.5, 0.6) is 0 Å². The number of anilines is 1. The van der Waals surface area contributed by atoms with Crippen LogP contribution in [0.1, 0.15) is 40.7 Å². The number of rotatable bonds is 7. The number of carbonyl (C=O) groups is 2. The van der Waals surface area contributed by atoms with Crippen molar-refractivity contribution in [3.63, 3.8) is 0 Å². The minimum absolute atomic E-state index is 0.0831. The highest BCUT2D eigenvalue weighted by Gasteiger charge is 2.25. The lowest BCUT2D eigenvalue weighted by Gasteiger charge is -2.32. The first-order valence-electron chi connectivity index (χ1n) is 12.2. The predicted molar refractivity (Wildman–Crippen MR) is 131 cm³/mol. The molecule has 0 spiro atoms. The molecule has 0 unspecified atom stereocenters. The van der Waals surface area contributed by atoms with E-state index in [9.17, 15) is 14.0 Å². The van der Waals surface area contributed by atoms with E-state index < -0.39 is 0 Å². The van der Waals surface area contributed by atoms with Gasteiger partial charge in [-0.15, -0.1) is 0 Å². The van der Waals surface area contributed by atoms with E-state index in [2.05, 4.69) is 15.3 Å². The number of carbonyl (C=O) groups excluding carboxylic acids is 2. The Morgan fingerprint density at radius 2 is 1.77 bits per heavy atom. The van der Waals surface area contributed by atoms with E-state index in [-0.39, 0.29) is 17.6 Å². The molecule has 7 nitrogen and oxygen atoms in total. The Morgan fingerprint density at radius 3 is 2.54 bits per heavy atom. The molecule has 35 heavy (non-hydrogen) atoms. The smallest absolute Gasteiger partial charge is 0.251 e. The number of piperidine rings is 1. The van der Waals surface area contributed by atoms with Gasteiger partial charge in [0, 0.05) is 36.7 Å². The summed E-state index contributed by atoms with van der Waals surface area (Å²) in [6, 6.07) is 16.2. The molecule has 2 aromatic carbocycles. The van der Waals surface area contributed by atoms with Crippen molar-refractivity contribution >= 4 is 17.6 Å². The van der Waals surface area contributed by atoms with Crippen LogP contribution in [0.25, 0.3) is 0 Å². The lowest BCUT2D eigenvalue weighted by atomic mass is 9.96. The van der Waals surface area contributed by atoms with E-state index in [1.54, 1.807) is 17.2 Å². The van der Waals surface area contributed by atoms with Crippen molar-refractivity contribution in [1.29, 1.82) is 0 Å². The molecule has 0 atom stereocenters. The maximum Gasteiger partial charge on any atom is 0.251 e. The fourth-order valence-corrected chi connectivity index (χ4v) is 4.86. The maximum absolute atomic E-state index is 13.9. The summed E-state index contributed by atoms with van der Waals surface area (Å²) in [6.45, 7) is 4.14. The molecule has 0 aliphatic carbocycles. The number of aromatic nitrogens is 2. The molecule has 3 heterocycles. The second kappa shape index (κ2) is 10.4. The molecule has 182 valence electrons. The molecule has 2 amide bonds. The summed E-state index contributed by atoms with van der Waals surface area (Å²) in [7, 11) is 0. The zero-order valence-electron chi connectivity index (χ0n) is 19.7. The summed E-state index contributed by atoms with van der Waals surface area (Å²) in [5, 5.41) is 7.32. The third-order valence-electron chi connectivity index (χ3n) is 6.98. The lowest BCUT2D eigenvalue weighted by molar-refractivity contribution is -0.119. The standard InChI is InChI=1S/C27H30FN5O2/c28-24-4-2-1-3-23(24)19-31-14-10-20(11-15-31)17-29-27(35)22-7-5-21(6-8-22)18-32-25-9-13-30-33(25)16-12-26(32)34/h1-9,13,20H,10-12,14-19H2,(H,29,35). The number of fused-ring (bicyclic) bond motifs is 1. The van der Waals surface area contributed by atoms with Crippen molar-refractivity contribution in [3.8, 4) is 0 Å². The Labute approximate surface area is 204 Å². The minimum Gasteiger partial charge on any atom is -0.352 e. The molecule has 0 bridgehead atoms. The van der Waals surface area contributed by atoms with Crippen LogP contribution in [0, 0.1) is 11.7 Å². The van der Waals surface area contributed by atoms with Gasteiger partial charge in [-0.3, -0.25) is 19.4 Å². The predicted octanol–water partition coefficient (Wildman–Crippen LogP) is 3.60. The highest BCUT2D eigenvalue weighted by molar-refractivity contribution is 5.95. The summed E-state index contributed by atoms with van der Waals surface area (Å²) in [5.41, 5.74) is 2.31. The molecule has 5 rings (SSSR count). The van der Waals surface area contributed by atoms with Gasteiger partial charge in [-0.05, 0) is 55.6 Å². The van der Waals surface area contributed by atoms with E-state index >= 15 is 0 Å². The highest BCUT2D eigenvalue weighted by atomic mass is 19.1. The Balaban J connectivity index is 1.09. The van der Waals surface area contributed by atoms with Gasteiger partial charge in [0.05, 0.1) is 19.3 Å². The number of benzene rings is 2. The molecular formula is C27H30FN5O2. The van der Waals surface area contributed by atoms with Crippen molar-refractivity contribution in [2.45, 2.75) is 38.9 Å². The van der Waals surface area contributed by atoms with E-state index in [4.69, 9.17) is 0 Å². The first-order valence-corrected chi connectivity index (χ1v) is 12.2. The van der Waals surface area contributed by atoms with Crippen LogP contribution >= 0.6 is 0 Å². The number of likely N-dealkylation sites (tertiary alicyclic amines) is 1. The van der Waals surface area contributed by atoms with Gasteiger partial charge in [0.25, 0.3) is 5.91 Å². The third kappa shape index (κ3) is 5.43. The van der Waals surface area contributed by atoms with Crippen LogP contribution in [0.2, 0.25) is 0 Å². The fraction of sp³-hybridized carbons (Fsp3) is 0.370. The van der Waals surface area contributed by atoms with Gasteiger partial charge in [-0.25, -0.2) is 9.07 Å². The quantitative estimate of drug-likeness (QED) is 0.567. The second-order valence-corrected chi connectivity index (χ2v) is 9.36. The minimum atomic E-state index is -0.151. The largest absolute Gasteiger partial charge is 0.352 e. The number of aryl methyl sites for hydroxylation is 1. The Hall–Kier alpha value is -3.52. The van der Waals surface area contributed by atoms with Crippen LogP contribution in [-0.4, -0.2) is 46.1 Å². The average Bonchev–Trinajstić information content (AvgIpc) is 3.36. The summed E-state index contributed by atoms with van der Waals surface area (Å²) in [6.07, 6.45) is 4.11. The molecule has 2 aliphatic rings. The van der Waals surface area contributed by atoms with Crippen LogP contribution < -0.4 is 10.2 Å². The van der Waals surface area contributed by atoms with Crippen molar-refractivity contribution < 1.29 is 14.0 Å². The van der Waals surface area contributed by atoms with Gasteiger partial charge < -0.3 is 5.32 Å². The fourth-order valence-electron chi connectivity index (χ4n) is 4.86. The van der Waals surface area contributed by atoms with Gasteiger partial charge in [-0.2, -0.15) is 5.10 Å². The third-order valence-corrected chi connectivity index (χ3v) is 6.98. The maximum atomic E-state index is 13.9. The van der Waals surface area contributed by atoms with E-state index in [1.165, 1.54) is 6.07 Å². The van der Waals surface area contributed by atoms with E-state index in [0.29, 0.717) is 44.1 Å². The number of nitrogens with one attached hydrogen (secondary N) is 1. The van der Waals surface area contributed by atoms with Crippen molar-refractivity contribution in [3.05, 3.63) is 83.3 Å².